The molecule has 0 amide bonds. The molecule has 3 saturated carbocycles. The summed E-state index contributed by atoms with van der Waals surface area (Å²) in [4.78, 5) is 18.3. The lowest BCUT2D eigenvalue weighted by molar-refractivity contribution is -0.132. The van der Waals surface area contributed by atoms with E-state index in [0.717, 1.165) is 62.7 Å². The number of Topliss-reactive ketones (excluding diaryl/α,β-unsaturated/α-hetero) is 1. The first-order valence-electron chi connectivity index (χ1n) is 11.2. The van der Waals surface area contributed by atoms with E-state index in [2.05, 4.69) is 30.4 Å². The van der Waals surface area contributed by atoms with Crippen molar-refractivity contribution in [2.24, 2.45) is 33.7 Å². The smallest absolute Gasteiger partial charge is 0.141 e. The zero-order valence-corrected chi connectivity index (χ0v) is 16.9. The SMILES string of the molecule is C[C@]12CCC3C(CCC4=C/C(=N\OC5CCNC5)CC[C@]43C)C1CCC2=O. The van der Waals surface area contributed by atoms with Crippen LogP contribution in [-0.2, 0) is 9.63 Å². The number of rotatable bonds is 2. The van der Waals surface area contributed by atoms with Gasteiger partial charge in [0.2, 0.25) is 0 Å². The lowest BCUT2D eigenvalue weighted by Gasteiger charge is -2.57. The molecule has 4 unspecified atom stereocenters. The van der Waals surface area contributed by atoms with Crippen molar-refractivity contribution in [2.45, 2.75) is 77.7 Å². The van der Waals surface area contributed by atoms with Crippen LogP contribution in [0.5, 0.6) is 0 Å². The highest BCUT2D eigenvalue weighted by atomic mass is 16.6. The van der Waals surface area contributed by atoms with E-state index in [1.807, 2.05) is 0 Å². The van der Waals surface area contributed by atoms with E-state index in [9.17, 15) is 4.79 Å². The molecule has 1 heterocycles. The summed E-state index contributed by atoms with van der Waals surface area (Å²) in [6, 6.07) is 0. The van der Waals surface area contributed by atoms with Gasteiger partial charge in [-0.2, -0.15) is 0 Å². The second-order valence-corrected chi connectivity index (χ2v) is 10.2. The molecule has 0 aromatic rings. The first-order valence-corrected chi connectivity index (χ1v) is 11.2. The quantitative estimate of drug-likeness (QED) is 0.739. The van der Waals surface area contributed by atoms with Crippen LogP contribution in [0.1, 0.15) is 71.6 Å². The Labute approximate surface area is 163 Å². The minimum atomic E-state index is -0.0107. The van der Waals surface area contributed by atoms with Gasteiger partial charge >= 0.3 is 0 Å². The van der Waals surface area contributed by atoms with Crippen LogP contribution < -0.4 is 5.32 Å². The van der Waals surface area contributed by atoms with Gasteiger partial charge in [-0.25, -0.2) is 0 Å². The zero-order valence-electron chi connectivity index (χ0n) is 16.9. The fourth-order valence-corrected chi connectivity index (χ4v) is 7.27. The molecular weight excluding hydrogens is 336 g/mol. The van der Waals surface area contributed by atoms with Gasteiger partial charge in [0, 0.05) is 24.8 Å². The molecule has 1 aliphatic heterocycles. The fourth-order valence-electron chi connectivity index (χ4n) is 7.27. The van der Waals surface area contributed by atoms with Crippen LogP contribution >= 0.6 is 0 Å². The number of oxime groups is 1. The molecule has 0 aromatic carbocycles. The van der Waals surface area contributed by atoms with Crippen LogP contribution in [0.2, 0.25) is 0 Å². The van der Waals surface area contributed by atoms with Gasteiger partial charge in [0.1, 0.15) is 11.9 Å². The highest BCUT2D eigenvalue weighted by Crippen LogP contribution is 2.64. The maximum atomic E-state index is 12.5. The van der Waals surface area contributed by atoms with Gasteiger partial charge in [-0.3, -0.25) is 4.79 Å². The Morgan fingerprint density at radius 2 is 1.89 bits per heavy atom. The van der Waals surface area contributed by atoms with Crippen LogP contribution in [0.4, 0.5) is 0 Å². The summed E-state index contributed by atoms with van der Waals surface area (Å²) in [5.41, 5.74) is 3.05. The van der Waals surface area contributed by atoms with Crippen molar-refractivity contribution in [1.82, 2.24) is 5.32 Å². The monoisotopic (exact) mass is 370 g/mol. The molecule has 1 saturated heterocycles. The maximum Gasteiger partial charge on any atom is 0.141 e. The van der Waals surface area contributed by atoms with E-state index in [4.69, 9.17) is 4.84 Å². The second kappa shape index (κ2) is 6.43. The lowest BCUT2D eigenvalue weighted by Crippen LogP contribution is -2.50. The van der Waals surface area contributed by atoms with E-state index in [-0.39, 0.29) is 11.5 Å². The van der Waals surface area contributed by atoms with Crippen molar-refractivity contribution in [3.8, 4) is 0 Å². The van der Waals surface area contributed by atoms with Crippen molar-refractivity contribution in [3.63, 3.8) is 0 Å². The van der Waals surface area contributed by atoms with Crippen molar-refractivity contribution in [3.05, 3.63) is 11.6 Å². The second-order valence-electron chi connectivity index (χ2n) is 10.2. The van der Waals surface area contributed by atoms with Crippen LogP contribution in [0.3, 0.4) is 0 Å². The Morgan fingerprint density at radius 3 is 2.70 bits per heavy atom. The summed E-state index contributed by atoms with van der Waals surface area (Å²) in [5, 5.41) is 7.85. The average Bonchev–Trinajstić information content (AvgIpc) is 3.28. The van der Waals surface area contributed by atoms with Crippen LogP contribution in [0.15, 0.2) is 16.8 Å². The average molecular weight is 371 g/mol. The van der Waals surface area contributed by atoms with Crippen molar-refractivity contribution in [2.75, 3.05) is 13.1 Å². The fraction of sp³-hybridized carbons (Fsp3) is 0.826. The largest absolute Gasteiger partial charge is 0.391 e. The Balaban J connectivity index is 1.36. The summed E-state index contributed by atoms with van der Waals surface area (Å²) < 4.78 is 0. The van der Waals surface area contributed by atoms with Crippen molar-refractivity contribution >= 4 is 11.5 Å². The molecule has 0 radical (unpaired) electrons. The van der Waals surface area contributed by atoms with E-state index < -0.39 is 0 Å². The molecule has 5 aliphatic rings. The normalized spacial score (nSPS) is 48.0. The standard InChI is InChI=1S/C23H34N2O2/c1-22-10-7-16(25-27-17-9-12-24-14-17)13-15(22)3-4-18-19-5-6-21(26)23(19,2)11-8-20(18)22/h13,17-20,24H,3-12,14H2,1-2H3/b25-16-/t17?,18?,19?,20?,22-,23+/m1/s1. The highest BCUT2D eigenvalue weighted by molar-refractivity contribution is 5.96. The Kier molecular flexibility index (Phi) is 4.27. The maximum absolute atomic E-state index is 12.5. The third-order valence-corrected chi connectivity index (χ3v) is 9.02. The number of carbonyl (C=O) groups is 1. The number of nitrogens with one attached hydrogen (secondary N) is 1. The number of hydrogen-bond acceptors (Lipinski definition) is 4. The molecule has 4 nitrogen and oxygen atoms in total. The molecule has 27 heavy (non-hydrogen) atoms. The summed E-state index contributed by atoms with van der Waals surface area (Å²) in [6.07, 6.45) is 12.7. The van der Waals surface area contributed by atoms with E-state index in [1.165, 1.54) is 25.7 Å². The van der Waals surface area contributed by atoms with E-state index in [0.29, 0.717) is 17.1 Å². The number of nitrogens with zero attached hydrogens (tertiary/aromatic N) is 1. The molecule has 4 heteroatoms. The topological polar surface area (TPSA) is 50.7 Å². The Hall–Kier alpha value is -1.16. The summed E-state index contributed by atoms with van der Waals surface area (Å²) >= 11 is 0. The molecule has 148 valence electrons. The molecule has 0 spiro atoms. The number of carbonyl (C=O) groups excluding carboxylic acids is 1. The number of ketones is 1. The Bertz CT molecular complexity index is 692. The highest BCUT2D eigenvalue weighted by Gasteiger charge is 2.58. The van der Waals surface area contributed by atoms with Crippen LogP contribution in [0.25, 0.3) is 0 Å². The van der Waals surface area contributed by atoms with Gasteiger partial charge in [-0.15, -0.1) is 0 Å². The van der Waals surface area contributed by atoms with Gasteiger partial charge in [-0.05, 0) is 80.7 Å². The van der Waals surface area contributed by atoms with Gasteiger partial charge in [0.05, 0.1) is 5.71 Å². The molecule has 5 rings (SSSR count). The predicted molar refractivity (Wildman–Crippen MR) is 107 cm³/mol. The predicted octanol–water partition coefficient (Wildman–Crippen LogP) is 4.25. The third-order valence-electron chi connectivity index (χ3n) is 9.02. The Morgan fingerprint density at radius 1 is 1.04 bits per heavy atom. The zero-order chi connectivity index (χ0) is 18.6. The number of hydrogen-bond donors (Lipinski definition) is 1. The van der Waals surface area contributed by atoms with Crippen LogP contribution in [-0.4, -0.2) is 30.7 Å². The van der Waals surface area contributed by atoms with Crippen LogP contribution in [0, 0.1) is 28.6 Å². The van der Waals surface area contributed by atoms with Gasteiger partial charge in [-0.1, -0.05) is 24.6 Å². The minimum Gasteiger partial charge on any atom is -0.391 e. The molecule has 0 aromatic heterocycles. The number of allylic oxidation sites excluding steroid dienone is 2. The molecule has 0 bridgehead atoms. The van der Waals surface area contributed by atoms with E-state index in [1.54, 1.807) is 5.57 Å². The van der Waals surface area contributed by atoms with Gasteiger partial charge < -0.3 is 10.2 Å². The first kappa shape index (κ1) is 17.9. The molecule has 6 atom stereocenters. The molecular formula is C23H34N2O2. The summed E-state index contributed by atoms with van der Waals surface area (Å²) in [7, 11) is 0. The van der Waals surface area contributed by atoms with Crippen molar-refractivity contribution in [1.29, 1.82) is 0 Å². The molecule has 4 fully saturated rings. The molecule has 1 N–H and O–H groups in total. The minimum absolute atomic E-state index is 0.0107. The molecule has 4 aliphatic carbocycles. The third kappa shape index (κ3) is 2.73. The number of fused-ring (bicyclic) bond motifs is 5. The first-order chi connectivity index (χ1) is 13.0. The summed E-state index contributed by atoms with van der Waals surface area (Å²) in [6.45, 7) is 6.75. The van der Waals surface area contributed by atoms with Gasteiger partial charge in [0.25, 0.3) is 0 Å². The van der Waals surface area contributed by atoms with Crippen molar-refractivity contribution < 1.29 is 9.63 Å². The summed E-state index contributed by atoms with van der Waals surface area (Å²) in [5.74, 6) is 2.68. The van der Waals surface area contributed by atoms with E-state index >= 15 is 0 Å². The van der Waals surface area contributed by atoms with Gasteiger partial charge in [0.15, 0.2) is 0 Å². The lowest BCUT2D eigenvalue weighted by atomic mass is 9.47.